The van der Waals surface area contributed by atoms with Gasteiger partial charge in [-0.25, -0.2) is 4.98 Å². The van der Waals surface area contributed by atoms with Crippen molar-refractivity contribution in [2.75, 3.05) is 11.9 Å². The molecule has 2 heterocycles. The van der Waals surface area contributed by atoms with E-state index in [1.165, 1.54) is 4.57 Å². The lowest BCUT2D eigenvalue weighted by Crippen LogP contribution is -2.32. The molecule has 174 valence electrons. The van der Waals surface area contributed by atoms with Gasteiger partial charge in [0.15, 0.2) is 0 Å². The smallest absolute Gasteiger partial charge is 0.265 e. The van der Waals surface area contributed by atoms with E-state index in [1.54, 1.807) is 55.5 Å². The molecule has 1 aliphatic rings. The molecule has 1 aromatic heterocycles. The highest BCUT2D eigenvalue weighted by Crippen LogP contribution is 2.23. The molecule has 8 nitrogen and oxygen atoms in total. The summed E-state index contributed by atoms with van der Waals surface area (Å²) in [5.41, 5.74) is 2.36. The molecular formula is C26H19IN4O4. The predicted octanol–water partition coefficient (Wildman–Crippen LogP) is 3.92. The number of hydrogen-bond donors (Lipinski definition) is 1. The second-order valence-corrected chi connectivity index (χ2v) is 9.36. The molecule has 0 atom stereocenters. The fourth-order valence-electron chi connectivity index (χ4n) is 4.15. The summed E-state index contributed by atoms with van der Waals surface area (Å²) < 4.78 is 2.48. The molecule has 0 aliphatic carbocycles. The standard InChI is InChI=1S/C26H19IN4O4/c1-15-28-22-11-6-16(27)14-21(22)26(35)31(15)18-9-7-17(8-10-18)29-23(32)12-13-30-24(33)19-4-2-3-5-20(19)25(30)34/h2-11,14H,12-13H2,1H3,(H,29,32). The molecule has 4 aromatic rings. The van der Waals surface area contributed by atoms with Gasteiger partial charge in [-0.15, -0.1) is 0 Å². The largest absolute Gasteiger partial charge is 0.326 e. The van der Waals surface area contributed by atoms with Crippen LogP contribution in [0.15, 0.2) is 71.5 Å². The maximum absolute atomic E-state index is 13.1. The first-order valence-electron chi connectivity index (χ1n) is 10.9. The molecule has 35 heavy (non-hydrogen) atoms. The molecule has 3 aromatic carbocycles. The third-order valence-corrected chi connectivity index (χ3v) is 6.52. The van der Waals surface area contributed by atoms with Crippen molar-refractivity contribution in [2.24, 2.45) is 0 Å². The van der Waals surface area contributed by atoms with E-state index in [9.17, 15) is 19.2 Å². The molecule has 0 spiro atoms. The van der Waals surface area contributed by atoms with Crippen LogP contribution in [-0.4, -0.2) is 38.7 Å². The van der Waals surface area contributed by atoms with Gasteiger partial charge in [0.25, 0.3) is 17.4 Å². The lowest BCUT2D eigenvalue weighted by molar-refractivity contribution is -0.116. The van der Waals surface area contributed by atoms with Crippen LogP contribution in [0.3, 0.4) is 0 Å². The van der Waals surface area contributed by atoms with E-state index < -0.39 is 0 Å². The average molecular weight is 578 g/mol. The number of carbonyl (C=O) groups excluding carboxylic acids is 3. The first-order chi connectivity index (χ1) is 16.8. The summed E-state index contributed by atoms with van der Waals surface area (Å²) in [4.78, 5) is 56.1. The summed E-state index contributed by atoms with van der Waals surface area (Å²) >= 11 is 2.16. The van der Waals surface area contributed by atoms with Crippen LogP contribution in [0, 0.1) is 10.5 Å². The molecule has 5 rings (SSSR count). The Bertz CT molecular complexity index is 1540. The summed E-state index contributed by atoms with van der Waals surface area (Å²) in [5, 5.41) is 3.30. The van der Waals surface area contributed by atoms with Gasteiger partial charge in [0.05, 0.1) is 27.7 Å². The SMILES string of the molecule is Cc1nc2ccc(I)cc2c(=O)n1-c1ccc(NC(=O)CCN2C(=O)c3ccccc3C2=O)cc1. The quantitative estimate of drug-likeness (QED) is 0.286. The van der Waals surface area contributed by atoms with Gasteiger partial charge in [0.1, 0.15) is 5.82 Å². The summed E-state index contributed by atoms with van der Waals surface area (Å²) in [6.45, 7) is 1.76. The molecule has 0 saturated carbocycles. The van der Waals surface area contributed by atoms with Gasteiger partial charge in [-0.3, -0.25) is 28.6 Å². The summed E-state index contributed by atoms with van der Waals surface area (Å²) in [6, 6.07) is 19.0. The van der Waals surface area contributed by atoms with E-state index in [2.05, 4.69) is 32.9 Å². The molecule has 0 radical (unpaired) electrons. The Kier molecular flexibility index (Phi) is 5.93. The number of halogens is 1. The van der Waals surface area contributed by atoms with Gasteiger partial charge in [0, 0.05) is 22.2 Å². The van der Waals surface area contributed by atoms with Crippen LogP contribution in [0.4, 0.5) is 5.69 Å². The first-order valence-corrected chi connectivity index (χ1v) is 12.0. The highest BCUT2D eigenvalue weighted by atomic mass is 127. The number of amides is 3. The Hall–Kier alpha value is -3.86. The molecule has 0 unspecified atom stereocenters. The van der Waals surface area contributed by atoms with Crippen LogP contribution >= 0.6 is 22.6 Å². The molecule has 1 aliphatic heterocycles. The third-order valence-electron chi connectivity index (χ3n) is 5.85. The zero-order chi connectivity index (χ0) is 24.7. The number of fused-ring (bicyclic) bond motifs is 2. The molecular weight excluding hydrogens is 559 g/mol. The number of nitrogens with zero attached hydrogens (tertiary/aromatic N) is 3. The van der Waals surface area contributed by atoms with E-state index in [0.717, 1.165) is 8.47 Å². The van der Waals surface area contributed by atoms with Gasteiger partial charge in [-0.2, -0.15) is 0 Å². The predicted molar refractivity (Wildman–Crippen MR) is 140 cm³/mol. The lowest BCUT2D eigenvalue weighted by atomic mass is 10.1. The molecule has 1 N–H and O–H groups in total. The van der Waals surface area contributed by atoms with Crippen molar-refractivity contribution in [1.29, 1.82) is 0 Å². The summed E-state index contributed by atoms with van der Waals surface area (Å²) in [7, 11) is 0. The van der Waals surface area contributed by atoms with Crippen LogP contribution in [0.1, 0.15) is 33.0 Å². The minimum absolute atomic E-state index is 0.00753. The van der Waals surface area contributed by atoms with E-state index >= 15 is 0 Å². The minimum atomic E-state index is -0.387. The Morgan fingerprint density at radius 1 is 0.943 bits per heavy atom. The molecule has 3 amide bonds. The Balaban J connectivity index is 1.28. The normalized spacial score (nSPS) is 12.8. The number of benzene rings is 3. The molecule has 0 fully saturated rings. The molecule has 0 bridgehead atoms. The third kappa shape index (κ3) is 4.23. The van der Waals surface area contributed by atoms with Gasteiger partial charge in [-0.05, 0) is 84.1 Å². The van der Waals surface area contributed by atoms with Crippen LogP contribution < -0.4 is 10.9 Å². The lowest BCUT2D eigenvalue weighted by Gasteiger charge is -2.14. The monoisotopic (exact) mass is 578 g/mol. The number of carbonyl (C=O) groups is 3. The first kappa shape index (κ1) is 22.9. The summed E-state index contributed by atoms with van der Waals surface area (Å²) in [5.74, 6) is -0.546. The van der Waals surface area contributed by atoms with Crippen molar-refractivity contribution < 1.29 is 14.4 Å². The minimum Gasteiger partial charge on any atom is -0.326 e. The fraction of sp³-hybridized carbons (Fsp3) is 0.115. The molecule has 0 saturated heterocycles. The van der Waals surface area contributed by atoms with Crippen molar-refractivity contribution in [1.82, 2.24) is 14.5 Å². The fourth-order valence-corrected chi connectivity index (χ4v) is 4.64. The zero-order valence-corrected chi connectivity index (χ0v) is 20.8. The molecule has 9 heteroatoms. The van der Waals surface area contributed by atoms with Crippen molar-refractivity contribution in [3.8, 4) is 5.69 Å². The Morgan fingerprint density at radius 2 is 1.60 bits per heavy atom. The van der Waals surface area contributed by atoms with Crippen molar-refractivity contribution >= 4 is 56.9 Å². The van der Waals surface area contributed by atoms with Crippen molar-refractivity contribution in [3.63, 3.8) is 0 Å². The highest BCUT2D eigenvalue weighted by molar-refractivity contribution is 14.1. The number of nitrogens with one attached hydrogen (secondary N) is 1. The maximum Gasteiger partial charge on any atom is 0.265 e. The number of aryl methyl sites for hydroxylation is 1. The number of hydrogen-bond acceptors (Lipinski definition) is 5. The van der Waals surface area contributed by atoms with Crippen LogP contribution in [0.2, 0.25) is 0 Å². The second kappa shape index (κ2) is 9.06. The number of rotatable bonds is 5. The van der Waals surface area contributed by atoms with Gasteiger partial charge in [0.2, 0.25) is 5.91 Å². The Labute approximate surface area is 213 Å². The van der Waals surface area contributed by atoms with E-state index in [0.29, 0.717) is 39.2 Å². The zero-order valence-electron chi connectivity index (χ0n) is 18.6. The topological polar surface area (TPSA) is 101 Å². The van der Waals surface area contributed by atoms with Crippen molar-refractivity contribution in [2.45, 2.75) is 13.3 Å². The number of aromatic nitrogens is 2. The van der Waals surface area contributed by atoms with Gasteiger partial charge >= 0.3 is 0 Å². The van der Waals surface area contributed by atoms with Gasteiger partial charge < -0.3 is 5.32 Å². The Morgan fingerprint density at radius 3 is 2.26 bits per heavy atom. The van der Waals surface area contributed by atoms with Gasteiger partial charge in [-0.1, -0.05) is 12.1 Å². The average Bonchev–Trinajstić information content (AvgIpc) is 3.09. The van der Waals surface area contributed by atoms with E-state index in [-0.39, 0.29) is 36.2 Å². The number of imide groups is 1. The maximum atomic E-state index is 13.1. The summed E-state index contributed by atoms with van der Waals surface area (Å²) in [6.07, 6.45) is -0.0288. The second-order valence-electron chi connectivity index (χ2n) is 8.11. The van der Waals surface area contributed by atoms with E-state index in [1.807, 2.05) is 18.2 Å². The highest BCUT2D eigenvalue weighted by Gasteiger charge is 2.34. The van der Waals surface area contributed by atoms with Crippen LogP contribution in [0.5, 0.6) is 0 Å². The number of anilines is 1. The van der Waals surface area contributed by atoms with Crippen LogP contribution in [0.25, 0.3) is 16.6 Å². The van der Waals surface area contributed by atoms with E-state index in [4.69, 9.17) is 0 Å². The van der Waals surface area contributed by atoms with Crippen LogP contribution in [-0.2, 0) is 4.79 Å². The van der Waals surface area contributed by atoms with Crippen molar-refractivity contribution in [3.05, 3.63) is 97.6 Å².